The molecular weight excluding hydrogens is 421 g/mol. The number of rotatable bonds is 8. The number of halogens is 1. The number of sulfonamides is 1. The number of benzene rings is 2. The van der Waals surface area contributed by atoms with E-state index < -0.39 is 21.7 Å². The van der Waals surface area contributed by atoms with Crippen LogP contribution in [-0.4, -0.2) is 33.3 Å². The van der Waals surface area contributed by atoms with Gasteiger partial charge in [-0.1, -0.05) is 31.4 Å². The van der Waals surface area contributed by atoms with Crippen molar-refractivity contribution >= 4 is 27.5 Å². The Labute approximate surface area is 181 Å². The van der Waals surface area contributed by atoms with E-state index in [1.54, 1.807) is 12.1 Å². The third kappa shape index (κ3) is 6.27. The number of carbonyl (C=O) groups is 2. The van der Waals surface area contributed by atoms with Crippen molar-refractivity contribution < 1.29 is 22.4 Å². The molecule has 0 aliphatic heterocycles. The zero-order valence-corrected chi connectivity index (χ0v) is 17.9. The molecule has 0 atom stereocenters. The van der Waals surface area contributed by atoms with Crippen LogP contribution in [0.15, 0.2) is 53.4 Å². The molecule has 0 unspecified atom stereocenters. The van der Waals surface area contributed by atoms with Gasteiger partial charge < -0.3 is 10.6 Å². The van der Waals surface area contributed by atoms with Crippen LogP contribution in [0.3, 0.4) is 0 Å². The highest BCUT2D eigenvalue weighted by Crippen LogP contribution is 2.23. The van der Waals surface area contributed by atoms with Crippen LogP contribution in [-0.2, 0) is 14.8 Å². The fourth-order valence-corrected chi connectivity index (χ4v) is 4.63. The molecule has 3 N–H and O–H groups in total. The second kappa shape index (κ2) is 10.4. The van der Waals surface area contributed by atoms with Gasteiger partial charge in [0.05, 0.1) is 16.1 Å². The third-order valence-electron chi connectivity index (χ3n) is 5.23. The summed E-state index contributed by atoms with van der Waals surface area (Å²) in [6.07, 6.45) is 5.11. The number of nitrogens with one attached hydrogen (secondary N) is 3. The largest absolute Gasteiger partial charge is 0.354 e. The van der Waals surface area contributed by atoms with Gasteiger partial charge in [-0.15, -0.1) is 0 Å². The van der Waals surface area contributed by atoms with Crippen LogP contribution in [0.25, 0.3) is 0 Å². The van der Waals surface area contributed by atoms with Gasteiger partial charge in [-0.2, -0.15) is 0 Å². The normalized spacial score (nSPS) is 14.6. The van der Waals surface area contributed by atoms with Gasteiger partial charge in [0, 0.05) is 19.0 Å². The van der Waals surface area contributed by atoms with E-state index in [0.717, 1.165) is 49.9 Å². The van der Waals surface area contributed by atoms with E-state index in [2.05, 4.69) is 15.4 Å². The van der Waals surface area contributed by atoms with E-state index in [9.17, 15) is 22.4 Å². The fourth-order valence-electron chi connectivity index (χ4n) is 3.55. The standard InChI is InChI=1S/C22H26FN3O4S/c23-17-10-12-18(13-11-17)31(29,30)26-20-9-5-4-8-19(20)22(28)25-15-14-24-21(27)16-6-2-1-3-7-16/h4-5,8-13,16,26H,1-3,6-7,14-15H2,(H,24,27)(H,25,28). The van der Waals surface area contributed by atoms with Gasteiger partial charge in [0.25, 0.3) is 15.9 Å². The molecule has 0 saturated heterocycles. The predicted octanol–water partition coefficient (Wildman–Crippen LogP) is 3.05. The van der Waals surface area contributed by atoms with Crippen molar-refractivity contribution in [1.29, 1.82) is 0 Å². The number of carbonyl (C=O) groups excluding carboxylic acids is 2. The van der Waals surface area contributed by atoms with E-state index in [0.29, 0.717) is 6.54 Å². The summed E-state index contributed by atoms with van der Waals surface area (Å²) in [5.41, 5.74) is 0.252. The van der Waals surface area contributed by atoms with Gasteiger partial charge >= 0.3 is 0 Å². The first-order valence-electron chi connectivity index (χ1n) is 10.3. The fraction of sp³-hybridized carbons (Fsp3) is 0.364. The summed E-state index contributed by atoms with van der Waals surface area (Å²) < 4.78 is 40.6. The first-order chi connectivity index (χ1) is 14.9. The van der Waals surface area contributed by atoms with Gasteiger partial charge in [-0.3, -0.25) is 14.3 Å². The molecule has 2 aromatic carbocycles. The summed E-state index contributed by atoms with van der Waals surface area (Å²) >= 11 is 0. The van der Waals surface area contributed by atoms with Crippen LogP contribution < -0.4 is 15.4 Å². The molecule has 0 radical (unpaired) electrons. The van der Waals surface area contributed by atoms with Crippen LogP contribution in [0.2, 0.25) is 0 Å². The molecular formula is C22H26FN3O4S. The topological polar surface area (TPSA) is 104 Å². The molecule has 1 aliphatic rings. The van der Waals surface area contributed by atoms with Crippen LogP contribution >= 0.6 is 0 Å². The van der Waals surface area contributed by atoms with Gasteiger partial charge in [0.15, 0.2) is 0 Å². The van der Waals surface area contributed by atoms with Crippen LogP contribution in [0.5, 0.6) is 0 Å². The summed E-state index contributed by atoms with van der Waals surface area (Å²) in [6.45, 7) is 0.515. The minimum Gasteiger partial charge on any atom is -0.354 e. The molecule has 1 fully saturated rings. The molecule has 1 saturated carbocycles. The molecule has 3 rings (SSSR count). The summed E-state index contributed by atoms with van der Waals surface area (Å²) in [7, 11) is -3.99. The average molecular weight is 448 g/mol. The second-order valence-electron chi connectivity index (χ2n) is 7.49. The average Bonchev–Trinajstić information content (AvgIpc) is 2.77. The van der Waals surface area contributed by atoms with Crippen molar-refractivity contribution in [2.24, 2.45) is 5.92 Å². The molecule has 31 heavy (non-hydrogen) atoms. The van der Waals surface area contributed by atoms with Crippen molar-refractivity contribution in [3.05, 3.63) is 59.9 Å². The SMILES string of the molecule is O=C(NCCNC(=O)C1CCCCC1)c1ccccc1NS(=O)(=O)c1ccc(F)cc1. The van der Waals surface area contributed by atoms with E-state index in [1.807, 2.05) is 0 Å². The minimum absolute atomic E-state index is 0.0152. The molecule has 1 aliphatic carbocycles. The van der Waals surface area contributed by atoms with E-state index in [1.165, 1.54) is 18.6 Å². The van der Waals surface area contributed by atoms with Gasteiger partial charge in [-0.05, 0) is 49.2 Å². The summed E-state index contributed by atoms with van der Waals surface area (Å²) in [6, 6.07) is 10.6. The maximum Gasteiger partial charge on any atom is 0.261 e. The highest BCUT2D eigenvalue weighted by molar-refractivity contribution is 7.92. The van der Waals surface area contributed by atoms with Crippen molar-refractivity contribution in [1.82, 2.24) is 10.6 Å². The first kappa shape index (κ1) is 22.7. The lowest BCUT2D eigenvalue weighted by molar-refractivity contribution is -0.125. The zero-order chi connectivity index (χ0) is 22.3. The second-order valence-corrected chi connectivity index (χ2v) is 9.17. The van der Waals surface area contributed by atoms with Crippen LogP contribution in [0.1, 0.15) is 42.5 Å². The van der Waals surface area contributed by atoms with Gasteiger partial charge in [0.1, 0.15) is 5.82 Å². The number of hydrogen-bond donors (Lipinski definition) is 3. The Hall–Kier alpha value is -2.94. The molecule has 166 valence electrons. The summed E-state index contributed by atoms with van der Waals surface area (Å²) in [4.78, 5) is 24.6. The summed E-state index contributed by atoms with van der Waals surface area (Å²) in [5, 5.41) is 5.53. The summed E-state index contributed by atoms with van der Waals surface area (Å²) in [5.74, 6) is -0.953. The Kier molecular flexibility index (Phi) is 7.62. The number of para-hydroxylation sites is 1. The Morgan fingerprint density at radius 1 is 0.903 bits per heavy atom. The monoisotopic (exact) mass is 447 g/mol. The van der Waals surface area contributed by atoms with Crippen molar-refractivity contribution in [2.75, 3.05) is 17.8 Å². The minimum atomic E-state index is -3.99. The first-order valence-corrected chi connectivity index (χ1v) is 11.8. The van der Waals surface area contributed by atoms with E-state index >= 15 is 0 Å². The Morgan fingerprint density at radius 3 is 2.26 bits per heavy atom. The Bertz CT molecular complexity index is 1020. The van der Waals surface area contributed by atoms with Crippen molar-refractivity contribution in [3.63, 3.8) is 0 Å². The number of amides is 2. The molecule has 2 amide bonds. The predicted molar refractivity (Wildman–Crippen MR) is 116 cm³/mol. The lowest BCUT2D eigenvalue weighted by atomic mass is 9.89. The molecule has 0 aromatic heterocycles. The number of hydrogen-bond acceptors (Lipinski definition) is 4. The molecule has 0 heterocycles. The Morgan fingerprint density at radius 2 is 1.55 bits per heavy atom. The van der Waals surface area contributed by atoms with Gasteiger partial charge in [0.2, 0.25) is 5.91 Å². The quantitative estimate of drug-likeness (QED) is 0.541. The molecule has 0 spiro atoms. The van der Waals surface area contributed by atoms with E-state index in [-0.39, 0.29) is 34.5 Å². The zero-order valence-electron chi connectivity index (χ0n) is 17.1. The molecule has 0 bridgehead atoms. The lowest BCUT2D eigenvalue weighted by Gasteiger charge is -2.20. The van der Waals surface area contributed by atoms with Crippen LogP contribution in [0, 0.1) is 11.7 Å². The Balaban J connectivity index is 1.57. The number of anilines is 1. The molecule has 9 heteroatoms. The van der Waals surface area contributed by atoms with Crippen molar-refractivity contribution in [3.8, 4) is 0 Å². The maximum atomic E-state index is 13.1. The third-order valence-corrected chi connectivity index (χ3v) is 6.61. The smallest absolute Gasteiger partial charge is 0.261 e. The van der Waals surface area contributed by atoms with Gasteiger partial charge in [-0.25, -0.2) is 12.8 Å². The highest BCUT2D eigenvalue weighted by Gasteiger charge is 2.21. The van der Waals surface area contributed by atoms with Crippen molar-refractivity contribution in [2.45, 2.75) is 37.0 Å². The highest BCUT2D eigenvalue weighted by atomic mass is 32.2. The van der Waals surface area contributed by atoms with E-state index in [4.69, 9.17) is 0 Å². The maximum absolute atomic E-state index is 13.1. The van der Waals surface area contributed by atoms with Crippen LogP contribution in [0.4, 0.5) is 10.1 Å². The molecule has 7 nitrogen and oxygen atoms in total. The molecule has 2 aromatic rings. The lowest BCUT2D eigenvalue weighted by Crippen LogP contribution is -2.38.